The summed E-state index contributed by atoms with van der Waals surface area (Å²) in [6.07, 6.45) is -6.22. The summed E-state index contributed by atoms with van der Waals surface area (Å²) in [6, 6.07) is 1.81. The number of hydrogen-bond acceptors (Lipinski definition) is 17. The standard InChI is InChI=1S/C10H16FN2O14P3S.C10H13FN2O6/c1-9(17)6(15)10(11,25-7(9)13-3-2-5(14)12-8(13)16)4-24-30(23,31)27-29(21,22)26-28(18,19)20;1-9(18)6(16)10(11,4-14)19-7(9)13-3-2-5(15)12-8(13)17/h2-3,6-7,15,17H,4H2,1H3,(H,21,22)(H,23,31)(H,12,14,16)(H2,18,19,20);2-3,6-7,14,16,18H,4H2,1H3,(H,12,15,17)/t6-,7+,9+,10+,30?;6-,7+,9+,10+/m00/s1. The fourth-order valence-corrected chi connectivity index (χ4v) is 8.44. The molecule has 0 aliphatic carbocycles. The molecule has 2 aliphatic heterocycles. The second-order valence-electron chi connectivity index (χ2n) is 10.8. The third-order valence-corrected chi connectivity index (χ3v) is 11.5. The Hall–Kier alpha value is -2.23. The second-order valence-corrected chi connectivity index (χ2v) is 16.6. The summed E-state index contributed by atoms with van der Waals surface area (Å²) in [5.74, 6) is -6.30. The Labute approximate surface area is 279 Å². The van der Waals surface area contributed by atoms with Gasteiger partial charge in [0.1, 0.15) is 36.6 Å². The van der Waals surface area contributed by atoms with E-state index in [0.717, 1.165) is 42.9 Å². The highest BCUT2D eigenvalue weighted by Gasteiger charge is 2.64. The first-order chi connectivity index (χ1) is 22.5. The number of aromatic nitrogens is 4. The molecule has 24 nitrogen and oxygen atoms in total. The van der Waals surface area contributed by atoms with E-state index in [1.54, 1.807) is 0 Å². The zero-order valence-corrected chi connectivity index (χ0v) is 28.4. The molecule has 0 amide bonds. The molecule has 284 valence electrons. The van der Waals surface area contributed by atoms with Gasteiger partial charge >= 0.3 is 33.7 Å². The molecule has 2 saturated heterocycles. The largest absolute Gasteiger partial charge is 0.488 e. The number of aliphatic hydroxyl groups is 5. The fraction of sp³-hybridized carbons (Fsp3) is 0.600. The summed E-state index contributed by atoms with van der Waals surface area (Å²) in [5.41, 5.74) is -8.26. The fourth-order valence-electron chi connectivity index (χ4n) is 4.49. The highest BCUT2D eigenvalue weighted by Crippen LogP contribution is 2.66. The molecule has 4 rings (SSSR count). The molecule has 0 aromatic carbocycles. The lowest BCUT2D eigenvalue weighted by atomic mass is 9.95. The number of aliphatic hydroxyl groups excluding tert-OH is 3. The van der Waals surface area contributed by atoms with Crippen LogP contribution in [0.25, 0.3) is 0 Å². The molecule has 2 aliphatic rings. The molecular weight excluding hydrogens is 779 g/mol. The van der Waals surface area contributed by atoms with Gasteiger partial charge in [0.2, 0.25) is 0 Å². The van der Waals surface area contributed by atoms with Gasteiger partial charge < -0.3 is 59.1 Å². The van der Waals surface area contributed by atoms with E-state index in [9.17, 15) is 62.9 Å². The third kappa shape index (κ3) is 9.22. The summed E-state index contributed by atoms with van der Waals surface area (Å²) < 4.78 is 73.9. The van der Waals surface area contributed by atoms with E-state index in [1.165, 1.54) is 0 Å². The van der Waals surface area contributed by atoms with Crippen LogP contribution in [0.5, 0.6) is 0 Å². The Balaban J connectivity index is 0.000000303. The molecule has 50 heavy (non-hydrogen) atoms. The van der Waals surface area contributed by atoms with Crippen molar-refractivity contribution in [3.05, 3.63) is 66.2 Å². The molecule has 4 heterocycles. The molecule has 0 radical (unpaired) electrons. The van der Waals surface area contributed by atoms with E-state index in [-0.39, 0.29) is 0 Å². The van der Waals surface area contributed by atoms with Crippen LogP contribution in [0.3, 0.4) is 0 Å². The number of nitrogens with zero attached hydrogens (tertiary/aromatic N) is 2. The number of aromatic amines is 2. The summed E-state index contributed by atoms with van der Waals surface area (Å²) in [6.45, 7) is -5.78. The molecule has 0 saturated carbocycles. The zero-order valence-electron chi connectivity index (χ0n) is 24.9. The van der Waals surface area contributed by atoms with Crippen LogP contribution < -0.4 is 22.5 Å². The maximum atomic E-state index is 15.2. The second kappa shape index (κ2) is 14.3. The van der Waals surface area contributed by atoms with E-state index in [1.807, 2.05) is 9.97 Å². The number of alkyl halides is 2. The van der Waals surface area contributed by atoms with Crippen molar-refractivity contribution in [2.24, 2.45) is 0 Å². The van der Waals surface area contributed by atoms with Gasteiger partial charge in [0.25, 0.3) is 22.8 Å². The molecule has 11 N–H and O–H groups in total. The Morgan fingerprint density at radius 1 is 0.840 bits per heavy atom. The minimum atomic E-state index is -5.68. The molecular formula is C20H29F2N4O20P3S. The van der Waals surface area contributed by atoms with Gasteiger partial charge in [-0.15, -0.1) is 0 Å². The first kappa shape index (κ1) is 42.2. The Morgan fingerprint density at radius 2 is 1.24 bits per heavy atom. The summed E-state index contributed by atoms with van der Waals surface area (Å²) in [4.78, 5) is 85.2. The number of hydrogen-bond donors (Lipinski definition) is 11. The number of ether oxygens (including phenoxy) is 2. The smallest absolute Gasteiger partial charge is 0.390 e. The van der Waals surface area contributed by atoms with Crippen molar-refractivity contribution in [1.82, 2.24) is 19.1 Å². The van der Waals surface area contributed by atoms with E-state index in [2.05, 4.69) is 25.0 Å². The number of rotatable bonds is 10. The van der Waals surface area contributed by atoms with Crippen molar-refractivity contribution in [1.29, 1.82) is 0 Å². The van der Waals surface area contributed by atoms with Crippen LogP contribution in [-0.4, -0.2) is 113 Å². The minimum absolute atomic E-state index is 0.535. The Morgan fingerprint density at radius 3 is 1.60 bits per heavy atom. The maximum Gasteiger partial charge on any atom is 0.488 e. The van der Waals surface area contributed by atoms with Crippen LogP contribution in [0.15, 0.2) is 43.7 Å². The van der Waals surface area contributed by atoms with Gasteiger partial charge in [0, 0.05) is 24.5 Å². The van der Waals surface area contributed by atoms with E-state index in [0.29, 0.717) is 4.57 Å². The van der Waals surface area contributed by atoms with Gasteiger partial charge in [0.15, 0.2) is 12.5 Å². The molecule has 30 heteroatoms. The first-order valence-corrected chi connectivity index (χ1v) is 18.7. The third-order valence-electron chi connectivity index (χ3n) is 6.80. The average molecular weight is 808 g/mol. The van der Waals surface area contributed by atoms with Gasteiger partial charge in [0.05, 0.1) is 0 Å². The van der Waals surface area contributed by atoms with Crippen molar-refractivity contribution in [2.45, 2.75) is 61.4 Å². The van der Waals surface area contributed by atoms with Gasteiger partial charge in [-0.25, -0.2) is 31.8 Å². The predicted octanol–water partition coefficient (Wildman–Crippen LogP) is -3.86. The van der Waals surface area contributed by atoms with E-state index >= 15 is 4.39 Å². The number of H-pyrrole nitrogens is 2. The molecule has 2 unspecified atom stereocenters. The van der Waals surface area contributed by atoms with Crippen LogP contribution >= 0.6 is 22.4 Å². The molecule has 2 fully saturated rings. The SMILES string of the molecule is C[C@]1(O)[C@H](n2ccc(=O)[nH]c2=O)O[C@](F)(CO)[C@H]1O.C[C@]1(O)[C@H](n2ccc(=O)[nH]c2=O)O[C@](F)(COP(O)(=S)OP(=O)(O)OP(=O)(O)O)[C@H]1O. The normalized spacial score (nSPS) is 35.1. The van der Waals surface area contributed by atoms with Crippen molar-refractivity contribution >= 4 is 34.2 Å². The summed E-state index contributed by atoms with van der Waals surface area (Å²) >= 11 is 4.31. The average Bonchev–Trinajstić information content (AvgIpc) is 3.24. The highest BCUT2D eigenvalue weighted by molar-refractivity contribution is 8.08. The lowest BCUT2D eigenvalue weighted by Crippen LogP contribution is -2.50. The number of nitrogens with one attached hydrogen (secondary N) is 2. The van der Waals surface area contributed by atoms with Gasteiger partial charge in [-0.1, -0.05) is 0 Å². The van der Waals surface area contributed by atoms with Crippen LogP contribution in [0.1, 0.15) is 26.3 Å². The van der Waals surface area contributed by atoms with Gasteiger partial charge in [-0.3, -0.25) is 28.7 Å². The monoisotopic (exact) mass is 808 g/mol. The van der Waals surface area contributed by atoms with Gasteiger partial charge in [-0.05, 0) is 25.7 Å². The van der Waals surface area contributed by atoms with Crippen LogP contribution in [0.2, 0.25) is 0 Å². The highest BCUT2D eigenvalue weighted by atomic mass is 32.5. The number of halogens is 2. The lowest BCUT2D eigenvalue weighted by molar-refractivity contribution is -0.207. The first-order valence-electron chi connectivity index (χ1n) is 13.1. The lowest BCUT2D eigenvalue weighted by Gasteiger charge is -2.28. The van der Waals surface area contributed by atoms with Crippen molar-refractivity contribution < 1.29 is 85.6 Å². The van der Waals surface area contributed by atoms with Crippen LogP contribution in [0.4, 0.5) is 8.78 Å². The van der Waals surface area contributed by atoms with E-state index in [4.69, 9.17) is 24.4 Å². The predicted molar refractivity (Wildman–Crippen MR) is 157 cm³/mol. The van der Waals surface area contributed by atoms with Crippen LogP contribution in [-0.2, 0) is 43.6 Å². The molecule has 0 spiro atoms. The summed E-state index contributed by atoms with van der Waals surface area (Å²) in [7, 11) is -11.2. The molecule has 10 atom stereocenters. The zero-order chi connectivity index (χ0) is 38.5. The minimum Gasteiger partial charge on any atom is -0.390 e. The molecule has 2 aromatic heterocycles. The van der Waals surface area contributed by atoms with E-state index < -0.39 is 106 Å². The van der Waals surface area contributed by atoms with Crippen molar-refractivity contribution in [3.8, 4) is 0 Å². The molecule has 0 bridgehead atoms. The van der Waals surface area contributed by atoms with Crippen molar-refractivity contribution in [3.63, 3.8) is 0 Å². The van der Waals surface area contributed by atoms with Gasteiger partial charge in [-0.2, -0.15) is 4.31 Å². The maximum absolute atomic E-state index is 15.2. The Kier molecular flexibility index (Phi) is 12.1. The van der Waals surface area contributed by atoms with Crippen LogP contribution in [0, 0.1) is 0 Å². The molecule has 2 aromatic rings. The summed E-state index contributed by atoms with van der Waals surface area (Å²) in [5, 5.41) is 49.2. The quantitative estimate of drug-likeness (QED) is 0.102. The van der Waals surface area contributed by atoms with Crippen molar-refractivity contribution in [2.75, 3.05) is 13.2 Å². The Bertz CT molecular complexity index is 1970. The number of phosphoric acid groups is 2. The topological polar surface area (TPSA) is 372 Å².